The molecule has 0 heterocycles. The van der Waals surface area contributed by atoms with Crippen LogP contribution < -0.4 is 10.5 Å². The average Bonchev–Trinajstić information content (AvgIpc) is 2.40. The third-order valence-corrected chi connectivity index (χ3v) is 3.10. The smallest absolute Gasteiger partial charge is 0.311 e. The average molecular weight is 263 g/mol. The molecule has 2 N–H and O–H groups in total. The molecule has 0 radical (unpaired) electrons. The maximum atomic E-state index is 11.6. The van der Waals surface area contributed by atoms with Crippen LogP contribution in [0.25, 0.3) is 0 Å². The lowest BCUT2D eigenvalue weighted by Gasteiger charge is -2.04. The summed E-state index contributed by atoms with van der Waals surface area (Å²) < 4.78 is 5.22. The van der Waals surface area contributed by atoms with Crippen molar-refractivity contribution in [1.29, 1.82) is 0 Å². The van der Waals surface area contributed by atoms with E-state index in [2.05, 4.69) is 6.92 Å². The second-order valence-corrected chi connectivity index (χ2v) is 4.91. The van der Waals surface area contributed by atoms with E-state index in [1.54, 1.807) is 24.3 Å². The molecular formula is C16H25NO2. The SMILES string of the molecule is CCCCCCCCCC(=O)Oc1ccc(N)cc1. The third kappa shape index (κ3) is 7.50. The molecule has 19 heavy (non-hydrogen) atoms. The van der Waals surface area contributed by atoms with Crippen LogP contribution >= 0.6 is 0 Å². The van der Waals surface area contributed by atoms with E-state index in [0.29, 0.717) is 17.9 Å². The largest absolute Gasteiger partial charge is 0.427 e. The second kappa shape index (κ2) is 9.42. The summed E-state index contributed by atoms with van der Waals surface area (Å²) in [5.74, 6) is 0.417. The lowest BCUT2D eigenvalue weighted by atomic mass is 10.1. The molecule has 0 bridgehead atoms. The zero-order valence-electron chi connectivity index (χ0n) is 11.9. The van der Waals surface area contributed by atoms with Crippen molar-refractivity contribution < 1.29 is 9.53 Å². The van der Waals surface area contributed by atoms with Gasteiger partial charge in [0.1, 0.15) is 5.75 Å². The summed E-state index contributed by atoms with van der Waals surface area (Å²) >= 11 is 0. The fraction of sp³-hybridized carbons (Fsp3) is 0.562. The number of nitrogens with two attached hydrogens (primary N) is 1. The Balaban J connectivity index is 2.06. The van der Waals surface area contributed by atoms with E-state index in [-0.39, 0.29) is 5.97 Å². The van der Waals surface area contributed by atoms with Crippen LogP contribution in [0.3, 0.4) is 0 Å². The van der Waals surface area contributed by atoms with E-state index >= 15 is 0 Å². The van der Waals surface area contributed by atoms with Crippen LogP contribution in [-0.2, 0) is 4.79 Å². The van der Waals surface area contributed by atoms with Crippen molar-refractivity contribution in [3.8, 4) is 5.75 Å². The van der Waals surface area contributed by atoms with Crippen molar-refractivity contribution in [1.82, 2.24) is 0 Å². The predicted molar refractivity (Wildman–Crippen MR) is 79.1 cm³/mol. The van der Waals surface area contributed by atoms with Crippen LogP contribution in [0.4, 0.5) is 5.69 Å². The van der Waals surface area contributed by atoms with Gasteiger partial charge in [-0.05, 0) is 30.7 Å². The molecule has 0 fully saturated rings. The quantitative estimate of drug-likeness (QED) is 0.312. The number of rotatable bonds is 9. The normalized spacial score (nSPS) is 10.4. The summed E-state index contributed by atoms with van der Waals surface area (Å²) in [5.41, 5.74) is 6.24. The number of carbonyl (C=O) groups is 1. The summed E-state index contributed by atoms with van der Waals surface area (Å²) in [7, 11) is 0. The Morgan fingerprint density at radius 1 is 1.00 bits per heavy atom. The maximum Gasteiger partial charge on any atom is 0.311 e. The summed E-state index contributed by atoms with van der Waals surface area (Å²) in [6.45, 7) is 2.22. The first-order valence-electron chi connectivity index (χ1n) is 7.28. The van der Waals surface area contributed by atoms with Gasteiger partial charge in [0.15, 0.2) is 0 Å². The molecule has 0 saturated carbocycles. The third-order valence-electron chi connectivity index (χ3n) is 3.10. The zero-order chi connectivity index (χ0) is 13.9. The number of anilines is 1. The molecule has 1 aromatic rings. The summed E-state index contributed by atoms with van der Waals surface area (Å²) in [6, 6.07) is 6.91. The van der Waals surface area contributed by atoms with Gasteiger partial charge < -0.3 is 10.5 Å². The van der Waals surface area contributed by atoms with E-state index < -0.39 is 0 Å². The van der Waals surface area contributed by atoms with Crippen molar-refractivity contribution in [2.24, 2.45) is 0 Å². The van der Waals surface area contributed by atoms with Crippen molar-refractivity contribution in [2.45, 2.75) is 58.3 Å². The Labute approximate surface area is 116 Å². The summed E-state index contributed by atoms with van der Waals surface area (Å²) in [4.78, 5) is 11.6. The Bertz CT molecular complexity index is 360. The van der Waals surface area contributed by atoms with Crippen molar-refractivity contribution in [3.05, 3.63) is 24.3 Å². The van der Waals surface area contributed by atoms with Gasteiger partial charge in [0, 0.05) is 12.1 Å². The van der Waals surface area contributed by atoms with E-state index in [1.165, 1.54) is 32.1 Å². The van der Waals surface area contributed by atoms with Crippen LogP contribution in [0.15, 0.2) is 24.3 Å². The molecule has 3 heteroatoms. The zero-order valence-corrected chi connectivity index (χ0v) is 11.9. The van der Waals surface area contributed by atoms with E-state index in [1.807, 2.05) is 0 Å². The number of esters is 1. The molecule has 0 saturated heterocycles. The predicted octanol–water partition coefficient (Wildman–Crippen LogP) is 4.31. The highest BCUT2D eigenvalue weighted by molar-refractivity contribution is 5.72. The first-order valence-corrected chi connectivity index (χ1v) is 7.28. The lowest BCUT2D eigenvalue weighted by Crippen LogP contribution is -2.07. The minimum absolute atomic E-state index is 0.154. The number of hydrogen-bond acceptors (Lipinski definition) is 3. The maximum absolute atomic E-state index is 11.6. The molecule has 0 unspecified atom stereocenters. The number of carbonyl (C=O) groups excluding carboxylic acids is 1. The van der Waals surface area contributed by atoms with Crippen LogP contribution in [0.1, 0.15) is 58.3 Å². The molecule has 106 valence electrons. The van der Waals surface area contributed by atoms with Gasteiger partial charge in [0.2, 0.25) is 0 Å². The molecular weight excluding hydrogens is 238 g/mol. The molecule has 0 spiro atoms. The fourth-order valence-corrected chi connectivity index (χ4v) is 1.94. The highest BCUT2D eigenvalue weighted by atomic mass is 16.5. The first kappa shape index (κ1) is 15.5. The number of hydrogen-bond donors (Lipinski definition) is 1. The molecule has 0 amide bonds. The van der Waals surface area contributed by atoms with Crippen LogP contribution in [0.5, 0.6) is 5.75 Å². The summed E-state index contributed by atoms with van der Waals surface area (Å²) in [5, 5.41) is 0. The first-order chi connectivity index (χ1) is 9.22. The van der Waals surface area contributed by atoms with Gasteiger partial charge >= 0.3 is 5.97 Å². The second-order valence-electron chi connectivity index (χ2n) is 4.91. The number of unbranched alkanes of at least 4 members (excludes halogenated alkanes) is 6. The van der Waals surface area contributed by atoms with Gasteiger partial charge in [-0.15, -0.1) is 0 Å². The highest BCUT2D eigenvalue weighted by Crippen LogP contribution is 2.15. The van der Waals surface area contributed by atoms with Crippen molar-refractivity contribution >= 4 is 11.7 Å². The topological polar surface area (TPSA) is 52.3 Å². The Morgan fingerprint density at radius 3 is 2.21 bits per heavy atom. The minimum Gasteiger partial charge on any atom is -0.427 e. The monoisotopic (exact) mass is 263 g/mol. The van der Waals surface area contributed by atoms with Gasteiger partial charge in [-0.2, -0.15) is 0 Å². The van der Waals surface area contributed by atoms with Crippen molar-refractivity contribution in [2.75, 3.05) is 5.73 Å². The van der Waals surface area contributed by atoms with Gasteiger partial charge in [-0.25, -0.2) is 0 Å². The number of ether oxygens (including phenoxy) is 1. The fourth-order valence-electron chi connectivity index (χ4n) is 1.94. The van der Waals surface area contributed by atoms with E-state index in [4.69, 9.17) is 10.5 Å². The Kier molecular flexibility index (Phi) is 7.71. The molecule has 1 aromatic carbocycles. The Morgan fingerprint density at radius 2 is 1.58 bits per heavy atom. The van der Waals surface area contributed by atoms with E-state index in [0.717, 1.165) is 12.8 Å². The van der Waals surface area contributed by atoms with Gasteiger partial charge in [-0.1, -0.05) is 45.4 Å². The molecule has 1 rings (SSSR count). The van der Waals surface area contributed by atoms with E-state index in [9.17, 15) is 4.79 Å². The molecule has 0 atom stereocenters. The number of benzene rings is 1. The summed E-state index contributed by atoms with van der Waals surface area (Å²) in [6.07, 6.45) is 8.92. The van der Waals surface area contributed by atoms with Crippen LogP contribution in [0, 0.1) is 0 Å². The van der Waals surface area contributed by atoms with Gasteiger partial charge in [-0.3, -0.25) is 4.79 Å². The molecule has 0 aliphatic heterocycles. The van der Waals surface area contributed by atoms with Crippen molar-refractivity contribution in [3.63, 3.8) is 0 Å². The minimum atomic E-state index is -0.154. The molecule has 0 aromatic heterocycles. The van der Waals surface area contributed by atoms with Gasteiger partial charge in [0.25, 0.3) is 0 Å². The highest BCUT2D eigenvalue weighted by Gasteiger charge is 2.04. The van der Waals surface area contributed by atoms with Crippen LogP contribution in [0.2, 0.25) is 0 Å². The lowest BCUT2D eigenvalue weighted by molar-refractivity contribution is -0.134. The number of nitrogen functional groups attached to an aromatic ring is 1. The Hall–Kier alpha value is -1.51. The standard InChI is InChI=1S/C16H25NO2/c1-2-3-4-5-6-7-8-9-16(18)19-15-12-10-14(17)11-13-15/h10-13H,2-9,17H2,1H3. The van der Waals surface area contributed by atoms with Crippen LogP contribution in [-0.4, -0.2) is 5.97 Å². The molecule has 0 aliphatic carbocycles. The van der Waals surface area contributed by atoms with Gasteiger partial charge in [0.05, 0.1) is 0 Å². The molecule has 3 nitrogen and oxygen atoms in total. The molecule has 0 aliphatic rings.